The summed E-state index contributed by atoms with van der Waals surface area (Å²) in [5, 5.41) is 9.90. The molecule has 0 atom stereocenters. The van der Waals surface area contributed by atoms with Crippen LogP contribution < -0.4 is 0 Å². The van der Waals surface area contributed by atoms with E-state index in [4.69, 9.17) is 4.98 Å². The van der Waals surface area contributed by atoms with E-state index in [0.717, 1.165) is 51.1 Å². The third-order valence-corrected chi connectivity index (χ3v) is 7.97. The minimum Gasteiger partial charge on any atom is -0.338 e. The third-order valence-electron chi connectivity index (χ3n) is 6.94. The summed E-state index contributed by atoms with van der Waals surface area (Å²) in [6.07, 6.45) is 10.1. The maximum Gasteiger partial charge on any atom is 0.138 e. The van der Waals surface area contributed by atoms with Gasteiger partial charge in [0.15, 0.2) is 0 Å². The fraction of sp³-hybridized carbons (Fsp3) is 0.214. The molecule has 1 fully saturated rings. The summed E-state index contributed by atoms with van der Waals surface area (Å²) in [4.78, 5) is 22.3. The molecule has 178 valence electrons. The summed E-state index contributed by atoms with van der Waals surface area (Å²) in [6.45, 7) is 5.41. The van der Waals surface area contributed by atoms with Gasteiger partial charge in [0.05, 0.1) is 23.1 Å². The first-order chi connectivity index (χ1) is 17.7. The number of likely N-dealkylation sites (tertiary alicyclic amines) is 1. The number of fused-ring (bicyclic) bond motifs is 2. The van der Waals surface area contributed by atoms with E-state index in [1.54, 1.807) is 11.3 Å². The number of pyridine rings is 3. The van der Waals surface area contributed by atoms with Gasteiger partial charge in [0, 0.05) is 56.8 Å². The van der Waals surface area contributed by atoms with Crippen molar-refractivity contribution in [3.05, 3.63) is 71.6 Å². The smallest absolute Gasteiger partial charge is 0.138 e. The zero-order chi connectivity index (χ0) is 24.1. The second-order valence-electron chi connectivity index (χ2n) is 9.47. The van der Waals surface area contributed by atoms with Crippen LogP contribution in [0.3, 0.4) is 0 Å². The topological polar surface area (TPSA) is 86.4 Å². The first kappa shape index (κ1) is 21.4. The van der Waals surface area contributed by atoms with Crippen LogP contribution in [0.2, 0.25) is 0 Å². The average Bonchev–Trinajstić information content (AvgIpc) is 3.70. The Kier molecular flexibility index (Phi) is 5.15. The number of aromatic nitrogens is 6. The largest absolute Gasteiger partial charge is 0.338 e. The average molecular weight is 492 g/mol. The Hall–Kier alpha value is -3.88. The summed E-state index contributed by atoms with van der Waals surface area (Å²) >= 11 is 1.79. The van der Waals surface area contributed by atoms with Gasteiger partial charge in [0.2, 0.25) is 0 Å². The monoisotopic (exact) mass is 491 g/mol. The first-order valence-electron chi connectivity index (χ1n) is 12.3. The van der Waals surface area contributed by atoms with Crippen LogP contribution in [0.4, 0.5) is 0 Å². The fourth-order valence-corrected chi connectivity index (χ4v) is 6.05. The highest BCUT2D eigenvalue weighted by molar-refractivity contribution is 7.15. The Morgan fingerprint density at radius 3 is 2.75 bits per heavy atom. The van der Waals surface area contributed by atoms with E-state index in [2.05, 4.69) is 73.4 Å². The summed E-state index contributed by atoms with van der Waals surface area (Å²) in [7, 11) is 0. The van der Waals surface area contributed by atoms with Crippen LogP contribution in [0.25, 0.3) is 55.0 Å². The first-order valence-corrected chi connectivity index (χ1v) is 13.1. The highest BCUT2D eigenvalue weighted by Crippen LogP contribution is 2.36. The molecule has 0 amide bonds. The van der Waals surface area contributed by atoms with Crippen molar-refractivity contribution in [1.29, 1.82) is 0 Å². The molecule has 1 saturated heterocycles. The van der Waals surface area contributed by atoms with Gasteiger partial charge in [-0.1, -0.05) is 0 Å². The van der Waals surface area contributed by atoms with Gasteiger partial charge in [-0.25, -0.2) is 4.98 Å². The van der Waals surface area contributed by atoms with Crippen LogP contribution in [-0.4, -0.2) is 48.1 Å². The lowest BCUT2D eigenvalue weighted by atomic mass is 10.1. The molecule has 0 bridgehead atoms. The summed E-state index contributed by atoms with van der Waals surface area (Å²) in [6, 6.07) is 12.9. The number of thiophene rings is 1. The van der Waals surface area contributed by atoms with Crippen molar-refractivity contribution < 1.29 is 0 Å². The number of hydrogen-bond donors (Lipinski definition) is 2. The number of hydrogen-bond acceptors (Lipinski definition) is 6. The molecule has 0 spiro atoms. The Bertz CT molecular complexity index is 1700. The molecule has 1 aliphatic rings. The van der Waals surface area contributed by atoms with Gasteiger partial charge in [-0.2, -0.15) is 5.10 Å². The highest BCUT2D eigenvalue weighted by atomic mass is 32.1. The predicted octanol–water partition coefficient (Wildman–Crippen LogP) is 6.20. The number of H-pyrrole nitrogens is 2. The Balaban J connectivity index is 1.28. The SMILES string of the molecule is Cc1ccc(-c2ccnc3[nH]c(-c4n[nH]c5cnc(-c6cncc(CN7CCCC7)c6)cc45)cc23)s1. The fourth-order valence-electron chi connectivity index (χ4n) is 5.14. The summed E-state index contributed by atoms with van der Waals surface area (Å²) < 4.78 is 0. The van der Waals surface area contributed by atoms with Gasteiger partial charge >= 0.3 is 0 Å². The molecular weight excluding hydrogens is 466 g/mol. The molecule has 6 aromatic heterocycles. The molecular formula is C28H25N7S. The van der Waals surface area contributed by atoms with Crippen molar-refractivity contribution in [2.75, 3.05) is 13.1 Å². The summed E-state index contributed by atoms with van der Waals surface area (Å²) in [5.74, 6) is 0. The van der Waals surface area contributed by atoms with Crippen LogP contribution in [0.1, 0.15) is 23.3 Å². The Morgan fingerprint density at radius 2 is 1.89 bits per heavy atom. The van der Waals surface area contributed by atoms with Crippen LogP contribution in [0.15, 0.2) is 61.2 Å². The van der Waals surface area contributed by atoms with Crippen LogP contribution in [0, 0.1) is 6.92 Å². The van der Waals surface area contributed by atoms with Crippen LogP contribution in [0.5, 0.6) is 0 Å². The Labute approximate surface area is 212 Å². The quantitative estimate of drug-likeness (QED) is 0.300. The number of nitrogens with zero attached hydrogens (tertiary/aromatic N) is 5. The number of nitrogens with one attached hydrogen (secondary N) is 2. The van der Waals surface area contributed by atoms with Gasteiger partial charge in [0.1, 0.15) is 11.3 Å². The molecule has 2 N–H and O–H groups in total. The molecule has 7 nitrogen and oxygen atoms in total. The van der Waals surface area contributed by atoms with E-state index in [0.29, 0.717) is 0 Å². The van der Waals surface area contributed by atoms with Gasteiger partial charge in [-0.3, -0.25) is 20.0 Å². The molecule has 1 aliphatic heterocycles. The highest BCUT2D eigenvalue weighted by Gasteiger charge is 2.17. The number of aromatic amines is 2. The summed E-state index contributed by atoms with van der Waals surface area (Å²) in [5.41, 5.74) is 7.88. The molecule has 0 radical (unpaired) electrons. The van der Waals surface area contributed by atoms with Gasteiger partial charge < -0.3 is 4.98 Å². The maximum absolute atomic E-state index is 4.71. The third kappa shape index (κ3) is 3.79. The van der Waals surface area contributed by atoms with Crippen LogP contribution >= 0.6 is 11.3 Å². The van der Waals surface area contributed by atoms with E-state index in [1.165, 1.54) is 46.8 Å². The van der Waals surface area contributed by atoms with E-state index in [9.17, 15) is 0 Å². The van der Waals surface area contributed by atoms with Crippen molar-refractivity contribution >= 4 is 33.3 Å². The molecule has 0 aliphatic carbocycles. The molecule has 36 heavy (non-hydrogen) atoms. The van der Waals surface area contributed by atoms with Gasteiger partial charge in [0.25, 0.3) is 0 Å². The molecule has 0 aromatic carbocycles. The molecule has 6 aromatic rings. The van der Waals surface area contributed by atoms with E-state index in [1.807, 2.05) is 24.8 Å². The molecule has 7 rings (SSSR count). The lowest BCUT2D eigenvalue weighted by molar-refractivity contribution is 0.331. The minimum atomic E-state index is 0.859. The maximum atomic E-state index is 4.71. The standard InChI is InChI=1S/C28H25N7S/c1-17-4-5-26(36-17)20-6-7-30-28-21(20)11-24(32-28)27-22-12-23(31-15-25(22)33-34-27)19-10-18(13-29-14-19)16-35-8-2-3-9-35/h4-7,10-15H,2-3,8-9,16H2,1H3,(H,30,32)(H,33,34). The van der Waals surface area contributed by atoms with Crippen molar-refractivity contribution in [3.63, 3.8) is 0 Å². The second kappa shape index (κ2) is 8.65. The zero-order valence-corrected chi connectivity index (χ0v) is 20.8. The minimum absolute atomic E-state index is 0.859. The lowest BCUT2D eigenvalue weighted by Gasteiger charge is -2.14. The lowest BCUT2D eigenvalue weighted by Crippen LogP contribution is -2.18. The normalized spacial score (nSPS) is 14.4. The number of aryl methyl sites for hydroxylation is 1. The van der Waals surface area contributed by atoms with Crippen molar-refractivity contribution in [3.8, 4) is 33.1 Å². The molecule has 8 heteroatoms. The van der Waals surface area contributed by atoms with Crippen molar-refractivity contribution in [2.24, 2.45) is 0 Å². The van der Waals surface area contributed by atoms with Crippen LogP contribution in [-0.2, 0) is 6.54 Å². The van der Waals surface area contributed by atoms with Gasteiger partial charge in [-0.15, -0.1) is 11.3 Å². The Morgan fingerprint density at radius 1 is 0.972 bits per heavy atom. The molecule has 0 unspecified atom stereocenters. The van der Waals surface area contributed by atoms with Gasteiger partial charge in [-0.05, 0) is 74.8 Å². The molecule has 0 saturated carbocycles. The van der Waals surface area contributed by atoms with E-state index >= 15 is 0 Å². The number of rotatable bonds is 5. The van der Waals surface area contributed by atoms with Crippen molar-refractivity contribution in [1.82, 2.24) is 35.0 Å². The second-order valence-corrected chi connectivity index (χ2v) is 10.8. The van der Waals surface area contributed by atoms with E-state index in [-0.39, 0.29) is 0 Å². The molecule has 7 heterocycles. The predicted molar refractivity (Wildman–Crippen MR) is 145 cm³/mol. The van der Waals surface area contributed by atoms with E-state index < -0.39 is 0 Å². The van der Waals surface area contributed by atoms with Crippen molar-refractivity contribution in [2.45, 2.75) is 26.3 Å². The zero-order valence-electron chi connectivity index (χ0n) is 20.0.